The predicted molar refractivity (Wildman–Crippen MR) is 84.9 cm³/mol. The van der Waals surface area contributed by atoms with Crippen LogP contribution in [0.1, 0.15) is 11.1 Å². The molecule has 0 saturated carbocycles. The van der Waals surface area contributed by atoms with E-state index in [1.54, 1.807) is 12.1 Å². The van der Waals surface area contributed by atoms with Crippen LogP contribution in [0.25, 0.3) is 0 Å². The molecule has 1 N–H and O–H groups in total. The largest absolute Gasteiger partial charge is 0.316 e. The Morgan fingerprint density at radius 2 is 1.90 bits per heavy atom. The third kappa shape index (κ3) is 4.66. The van der Waals surface area contributed by atoms with E-state index in [9.17, 15) is 4.39 Å². The first kappa shape index (κ1) is 15.1. The highest BCUT2D eigenvalue weighted by atomic mass is 32.2. The third-order valence-corrected chi connectivity index (χ3v) is 4.43. The SMILES string of the molecule is CNC(CSc1ccc(C)cc1)Cc1cccc(F)c1. The fraction of sp³-hybridized carbons (Fsp3) is 0.294. The summed E-state index contributed by atoms with van der Waals surface area (Å²) in [7, 11) is 1.96. The minimum atomic E-state index is -0.163. The van der Waals surface area contributed by atoms with Crippen LogP contribution in [0, 0.1) is 12.7 Å². The predicted octanol–water partition coefficient (Wildman–Crippen LogP) is 4.06. The Bertz CT molecular complexity index is 539. The second-order valence-corrected chi connectivity index (χ2v) is 6.04. The van der Waals surface area contributed by atoms with Crippen molar-refractivity contribution in [1.82, 2.24) is 5.32 Å². The van der Waals surface area contributed by atoms with E-state index in [-0.39, 0.29) is 5.82 Å². The van der Waals surface area contributed by atoms with Crippen LogP contribution in [-0.4, -0.2) is 18.8 Å². The van der Waals surface area contributed by atoms with Crippen LogP contribution < -0.4 is 5.32 Å². The molecule has 0 fully saturated rings. The summed E-state index contributed by atoms with van der Waals surface area (Å²) in [6, 6.07) is 15.7. The second-order valence-electron chi connectivity index (χ2n) is 4.94. The van der Waals surface area contributed by atoms with Gasteiger partial charge in [0.25, 0.3) is 0 Å². The molecule has 0 aliphatic rings. The molecule has 1 atom stereocenters. The summed E-state index contributed by atoms with van der Waals surface area (Å²) in [5.74, 6) is 0.805. The van der Waals surface area contributed by atoms with Gasteiger partial charge in [0.2, 0.25) is 0 Å². The van der Waals surface area contributed by atoms with Gasteiger partial charge in [-0.25, -0.2) is 4.39 Å². The number of halogens is 1. The zero-order valence-electron chi connectivity index (χ0n) is 11.9. The lowest BCUT2D eigenvalue weighted by Crippen LogP contribution is -2.30. The van der Waals surface area contributed by atoms with E-state index in [2.05, 4.69) is 36.5 Å². The van der Waals surface area contributed by atoms with Gasteiger partial charge in [0.15, 0.2) is 0 Å². The van der Waals surface area contributed by atoms with Crippen molar-refractivity contribution in [2.45, 2.75) is 24.3 Å². The lowest BCUT2D eigenvalue weighted by atomic mass is 10.1. The maximum absolute atomic E-state index is 13.2. The van der Waals surface area contributed by atoms with Gasteiger partial charge in [-0.05, 0) is 50.2 Å². The molecule has 3 heteroatoms. The van der Waals surface area contributed by atoms with E-state index in [1.807, 2.05) is 24.9 Å². The Morgan fingerprint density at radius 1 is 1.15 bits per heavy atom. The topological polar surface area (TPSA) is 12.0 Å². The van der Waals surface area contributed by atoms with Crippen LogP contribution in [0.3, 0.4) is 0 Å². The Morgan fingerprint density at radius 3 is 2.55 bits per heavy atom. The molecular weight excluding hydrogens is 269 g/mol. The van der Waals surface area contributed by atoms with Crippen molar-refractivity contribution in [3.05, 3.63) is 65.5 Å². The van der Waals surface area contributed by atoms with Crippen LogP contribution in [0.4, 0.5) is 4.39 Å². The van der Waals surface area contributed by atoms with E-state index in [0.717, 1.165) is 17.7 Å². The van der Waals surface area contributed by atoms with E-state index < -0.39 is 0 Å². The lowest BCUT2D eigenvalue weighted by molar-refractivity contribution is 0.602. The molecule has 0 aromatic heterocycles. The first-order chi connectivity index (χ1) is 9.67. The van der Waals surface area contributed by atoms with Gasteiger partial charge >= 0.3 is 0 Å². The summed E-state index contributed by atoms with van der Waals surface area (Å²) >= 11 is 1.83. The standard InChI is InChI=1S/C17H20FNS/c1-13-6-8-17(9-7-13)20-12-16(19-2)11-14-4-3-5-15(18)10-14/h3-10,16,19H,11-12H2,1-2H3. The summed E-state index contributed by atoms with van der Waals surface area (Å²) in [6.45, 7) is 2.09. The van der Waals surface area contributed by atoms with Gasteiger partial charge in [0, 0.05) is 16.7 Å². The fourth-order valence-electron chi connectivity index (χ4n) is 2.02. The van der Waals surface area contributed by atoms with Gasteiger partial charge in [0.05, 0.1) is 0 Å². The van der Waals surface area contributed by atoms with Gasteiger partial charge < -0.3 is 5.32 Å². The van der Waals surface area contributed by atoms with Crippen LogP contribution in [0.2, 0.25) is 0 Å². The van der Waals surface area contributed by atoms with E-state index in [0.29, 0.717) is 6.04 Å². The van der Waals surface area contributed by atoms with Gasteiger partial charge in [-0.15, -0.1) is 11.8 Å². The maximum Gasteiger partial charge on any atom is 0.123 e. The van der Waals surface area contributed by atoms with Crippen molar-refractivity contribution in [3.63, 3.8) is 0 Å². The summed E-state index contributed by atoms with van der Waals surface area (Å²) in [4.78, 5) is 1.27. The third-order valence-electron chi connectivity index (χ3n) is 3.25. The van der Waals surface area contributed by atoms with E-state index in [4.69, 9.17) is 0 Å². The van der Waals surface area contributed by atoms with Crippen molar-refractivity contribution in [3.8, 4) is 0 Å². The molecule has 2 aromatic carbocycles. The molecule has 20 heavy (non-hydrogen) atoms. The highest BCUT2D eigenvalue weighted by Crippen LogP contribution is 2.20. The smallest absolute Gasteiger partial charge is 0.123 e. The zero-order valence-corrected chi connectivity index (χ0v) is 12.7. The van der Waals surface area contributed by atoms with Gasteiger partial charge in [-0.3, -0.25) is 0 Å². The number of likely N-dealkylation sites (N-methyl/N-ethyl adjacent to an activating group) is 1. The van der Waals surface area contributed by atoms with Crippen LogP contribution in [0.15, 0.2) is 53.4 Å². The Balaban J connectivity index is 1.90. The molecule has 106 valence electrons. The number of thioether (sulfide) groups is 1. The Labute approximate surface area is 124 Å². The van der Waals surface area contributed by atoms with Crippen molar-refractivity contribution < 1.29 is 4.39 Å². The molecule has 0 radical (unpaired) electrons. The second kappa shape index (κ2) is 7.46. The van der Waals surface area contributed by atoms with Crippen molar-refractivity contribution >= 4 is 11.8 Å². The number of benzene rings is 2. The first-order valence-electron chi connectivity index (χ1n) is 6.78. The van der Waals surface area contributed by atoms with Crippen LogP contribution >= 0.6 is 11.8 Å². The molecule has 0 aliphatic carbocycles. The number of nitrogens with one attached hydrogen (secondary N) is 1. The van der Waals surface area contributed by atoms with Gasteiger partial charge in [-0.1, -0.05) is 29.8 Å². The van der Waals surface area contributed by atoms with Gasteiger partial charge in [0.1, 0.15) is 5.82 Å². The minimum absolute atomic E-state index is 0.163. The monoisotopic (exact) mass is 289 g/mol. The molecule has 2 aromatic rings. The normalized spacial score (nSPS) is 12.3. The first-order valence-corrected chi connectivity index (χ1v) is 7.77. The minimum Gasteiger partial charge on any atom is -0.316 e. The van der Waals surface area contributed by atoms with Gasteiger partial charge in [-0.2, -0.15) is 0 Å². The number of rotatable bonds is 6. The molecule has 0 heterocycles. The van der Waals surface area contributed by atoms with Crippen molar-refractivity contribution in [2.24, 2.45) is 0 Å². The number of hydrogen-bond acceptors (Lipinski definition) is 2. The number of aryl methyl sites for hydroxylation is 1. The average molecular weight is 289 g/mol. The molecule has 0 spiro atoms. The summed E-state index contributed by atoms with van der Waals surface area (Å²) in [5.41, 5.74) is 2.31. The molecule has 0 saturated heterocycles. The maximum atomic E-state index is 13.2. The molecule has 0 amide bonds. The fourth-order valence-corrected chi connectivity index (χ4v) is 3.03. The Kier molecular flexibility index (Phi) is 5.62. The summed E-state index contributed by atoms with van der Waals surface area (Å²) in [5, 5.41) is 3.31. The lowest BCUT2D eigenvalue weighted by Gasteiger charge is -2.16. The van der Waals surface area contributed by atoms with E-state index >= 15 is 0 Å². The van der Waals surface area contributed by atoms with Crippen LogP contribution in [0.5, 0.6) is 0 Å². The molecule has 0 aliphatic heterocycles. The summed E-state index contributed by atoms with van der Waals surface area (Å²) in [6.07, 6.45) is 0.840. The number of hydrogen-bond donors (Lipinski definition) is 1. The summed E-state index contributed by atoms with van der Waals surface area (Å²) < 4.78 is 13.2. The molecule has 1 unspecified atom stereocenters. The quantitative estimate of drug-likeness (QED) is 0.805. The molecular formula is C17H20FNS. The van der Waals surface area contributed by atoms with Crippen molar-refractivity contribution in [1.29, 1.82) is 0 Å². The molecule has 2 rings (SSSR count). The Hall–Kier alpha value is -1.32. The molecule has 1 nitrogen and oxygen atoms in total. The molecule has 0 bridgehead atoms. The van der Waals surface area contributed by atoms with Crippen molar-refractivity contribution in [2.75, 3.05) is 12.8 Å². The highest BCUT2D eigenvalue weighted by molar-refractivity contribution is 7.99. The van der Waals surface area contributed by atoms with E-state index in [1.165, 1.54) is 16.5 Å². The average Bonchev–Trinajstić information content (AvgIpc) is 2.45. The highest BCUT2D eigenvalue weighted by Gasteiger charge is 2.08. The zero-order chi connectivity index (χ0) is 14.4. The van der Waals surface area contributed by atoms with Crippen LogP contribution in [-0.2, 0) is 6.42 Å².